The lowest BCUT2D eigenvalue weighted by atomic mass is 9.67. The number of aromatic hydroxyl groups is 1. The second-order valence-corrected chi connectivity index (χ2v) is 45.5. The van der Waals surface area contributed by atoms with Crippen molar-refractivity contribution in [1.29, 1.82) is 0 Å². The van der Waals surface area contributed by atoms with E-state index >= 15 is 0 Å². The molecule has 17 heterocycles. The summed E-state index contributed by atoms with van der Waals surface area (Å²) < 4.78 is 117. The molecule has 5 saturated heterocycles. The quantitative estimate of drug-likeness (QED) is 0.0693. The number of amides is 2. The van der Waals surface area contributed by atoms with E-state index in [-0.39, 0.29) is 156 Å². The maximum atomic E-state index is 13.9. The number of benzene rings is 2. The lowest BCUT2D eigenvalue weighted by Crippen LogP contribution is -2.64. The fourth-order valence-electron chi connectivity index (χ4n) is 25.7. The number of aliphatic hydroxyl groups excluding tert-OH is 1. The molecule has 2 aromatic carbocycles. The van der Waals surface area contributed by atoms with E-state index < -0.39 is 79.6 Å². The van der Waals surface area contributed by atoms with Gasteiger partial charge in [-0.1, -0.05) is 52.7 Å². The van der Waals surface area contributed by atoms with Gasteiger partial charge in [-0.3, -0.25) is 57.6 Å². The molecule has 43 heteroatoms. The van der Waals surface area contributed by atoms with E-state index in [2.05, 4.69) is 136 Å². The Morgan fingerprint density at radius 1 is 0.387 bits per heavy atom. The lowest BCUT2D eigenvalue weighted by molar-refractivity contribution is -0.193. The lowest BCUT2D eigenvalue weighted by Gasteiger charge is -2.54. The summed E-state index contributed by atoms with van der Waals surface area (Å²) in [5.41, 5.74) is -3.08. The number of carbonyl (C=O) groups excluding carboxylic acids is 5. The van der Waals surface area contributed by atoms with Gasteiger partial charge in [-0.05, 0) is 221 Å². The Kier molecular flexibility index (Phi) is 34.8. The minimum atomic E-state index is -0.956. The first kappa shape index (κ1) is 114. The number of piperidine rings is 5. The van der Waals surface area contributed by atoms with Crippen LogP contribution >= 0.6 is 63.7 Å². The molecule has 6 aromatic heterocycles. The fraction of sp³-hybridized carbons (Fsp3) is 0.561. The molecule has 4 N–H and O–H groups in total. The number of fused-ring (bicyclic) bond motifs is 12. The van der Waals surface area contributed by atoms with E-state index in [1.807, 2.05) is 56.4 Å². The van der Waals surface area contributed by atoms with Gasteiger partial charge in [-0.15, -0.1) is 0 Å². The topological polar surface area (TPSA) is 381 Å². The van der Waals surface area contributed by atoms with E-state index in [1.54, 1.807) is 45.4 Å². The summed E-state index contributed by atoms with van der Waals surface area (Å²) in [4.78, 5) is 151. The molecule has 0 spiro atoms. The largest absolute Gasteiger partial charge is 0.503 e. The number of halogens is 8. The van der Waals surface area contributed by atoms with Gasteiger partial charge < -0.3 is 110 Å². The maximum Gasteiger partial charge on any atom is 0.257 e. The Bertz CT molecular complexity index is 6970. The molecule has 0 bridgehead atoms. The monoisotopic (exact) mass is 2340 g/mol. The van der Waals surface area contributed by atoms with Crippen LogP contribution in [0, 0.1) is 50.8 Å². The number of hydrogen-bond acceptors (Lipinski definition) is 27. The first-order valence-corrected chi connectivity index (χ1v) is 53.4. The molecular formula is C107H133Br4F4N13O22. The van der Waals surface area contributed by atoms with Gasteiger partial charge in [0, 0.05) is 193 Å². The zero-order valence-corrected chi connectivity index (χ0v) is 94.1. The summed E-state index contributed by atoms with van der Waals surface area (Å²) in [5.74, 6) is -4.55. The van der Waals surface area contributed by atoms with Gasteiger partial charge in [0.15, 0.2) is 51.8 Å². The highest BCUT2D eigenvalue weighted by atomic mass is 79.9. The fourth-order valence-corrected chi connectivity index (χ4v) is 27.4. The van der Waals surface area contributed by atoms with Crippen LogP contribution in [0.25, 0.3) is 0 Å². The molecule has 814 valence electrons. The number of ketones is 3. The van der Waals surface area contributed by atoms with Crippen LogP contribution in [0.2, 0.25) is 0 Å². The van der Waals surface area contributed by atoms with E-state index in [4.69, 9.17) is 42.6 Å². The molecule has 35 nitrogen and oxygen atoms in total. The van der Waals surface area contributed by atoms with E-state index in [1.165, 1.54) is 71.1 Å². The Morgan fingerprint density at radius 3 is 1.15 bits per heavy atom. The highest BCUT2D eigenvalue weighted by Gasteiger charge is 2.60. The van der Waals surface area contributed by atoms with Gasteiger partial charge in [0.2, 0.25) is 32.6 Å². The summed E-state index contributed by atoms with van der Waals surface area (Å²) in [6.07, 6.45) is 21.7. The van der Waals surface area contributed by atoms with Crippen molar-refractivity contribution in [1.82, 2.24) is 62.5 Å². The van der Waals surface area contributed by atoms with Crippen LogP contribution in [0.1, 0.15) is 216 Å². The Morgan fingerprint density at radius 2 is 0.720 bits per heavy atom. The van der Waals surface area contributed by atoms with Crippen LogP contribution in [0.3, 0.4) is 0 Å². The highest BCUT2D eigenvalue weighted by molar-refractivity contribution is 9.11. The normalized spacial score (nSPS) is 27.4. The molecule has 15 atom stereocenters. The second kappa shape index (κ2) is 45.7. The predicted octanol–water partition coefficient (Wildman–Crippen LogP) is 12.8. The van der Waals surface area contributed by atoms with E-state index in [9.17, 15) is 80.5 Å². The number of ether oxygens (including phenoxy) is 9. The molecule has 3 unspecified atom stereocenters. The Balaban J connectivity index is 0.000000136. The third-order valence-corrected chi connectivity index (χ3v) is 36.2. The molecule has 150 heavy (non-hydrogen) atoms. The molecule has 11 aliphatic heterocycles. The second-order valence-electron chi connectivity index (χ2n) is 42.1. The molecule has 8 aromatic rings. The van der Waals surface area contributed by atoms with Crippen molar-refractivity contribution in [3.05, 3.63) is 232 Å². The first-order valence-electron chi connectivity index (χ1n) is 50.3. The van der Waals surface area contributed by atoms with E-state index in [0.29, 0.717) is 85.2 Å². The summed E-state index contributed by atoms with van der Waals surface area (Å²) in [6, 6.07) is 6.38. The number of likely N-dealkylation sites (tertiary alicyclic amines) is 5. The van der Waals surface area contributed by atoms with Crippen molar-refractivity contribution >= 4 is 92.9 Å². The van der Waals surface area contributed by atoms with Crippen molar-refractivity contribution in [2.24, 2.45) is 27.6 Å². The number of nitrogens with one attached hydrogen (secondary N) is 2. The molecule has 1 aliphatic carbocycles. The van der Waals surface area contributed by atoms with E-state index in [0.717, 1.165) is 153 Å². The van der Waals surface area contributed by atoms with Crippen molar-refractivity contribution in [2.45, 2.75) is 230 Å². The van der Waals surface area contributed by atoms with Crippen molar-refractivity contribution in [3.8, 4) is 34.5 Å². The summed E-state index contributed by atoms with van der Waals surface area (Å²) in [6.45, 7) is 15.9. The van der Waals surface area contributed by atoms with Gasteiger partial charge in [-0.2, -0.15) is 0 Å². The maximum absolute atomic E-state index is 13.9. The number of Topliss-reactive ketones (excluding diaryl/α,β-unsaturated/α-hetero) is 3. The molecule has 1 saturated carbocycles. The average molecular weight is 2350 g/mol. The number of aliphatic hydroxyl groups is 1. The van der Waals surface area contributed by atoms with Crippen LogP contribution < -0.4 is 66.9 Å². The van der Waals surface area contributed by atoms with Gasteiger partial charge in [0.1, 0.15) is 81.0 Å². The summed E-state index contributed by atoms with van der Waals surface area (Å²) in [7, 11) is 24.3. The van der Waals surface area contributed by atoms with Crippen molar-refractivity contribution in [2.75, 3.05) is 132 Å². The average Bonchev–Trinajstić information content (AvgIpc) is 0.724. The standard InChI is InChI=1S/C23H25F2N3O4.C22H23F2N3O4.C16H23BrN2O4.C16H22BrNO4.C15H21BrN2O3.C15H19BrN2O3/c1-23-7-4-8-27(2)17(23)12-28-11-15(19(29)20(32-3)18(28)21(23)30)22(31)26-10-13-5-6-14(24)9-16(13)25;1-22-6-3-7-26(2)16(22)11-27-10-14(18(28)19(29)17(27)20(22)30)21(31)25-9-12-4-5-13(23)8-15(12)24;1-18-7-5-6-16(23-4)11(18)9-19-8-10(17)13(20)14(21-2)12(19)15(16)22-3;1-20-14-12-15(21-2)16(22-3)7-5-4-6-10(16)8-18(12)9-11(17)13(14)19;2*1-15-5-4-6-17(2)10(15)8-18-7-9(16)12(19)13(21-3)11(18)14(15)20/h5-6,9,11,17H,4,7-8,10,12H2,1-3H3,(H,26,31);4-5,8,10,16,29H,3,6-7,9,11H2,1-2H3,(H,25,31);8,11,15H,5-7,9H2,1-4H3;9-10,15H,4-8H2,1-3H3;7,10,14,20H,4-6,8H2,1-3H3;7,10H,4-6,8H2,1-3H3/t17-,23-;16-,22-;11-,15?,16+;10-,15?,16+;10-,14?,15-;10-,15-/m000000/s1. The van der Waals surface area contributed by atoms with Gasteiger partial charge >= 0.3 is 0 Å². The predicted molar refractivity (Wildman–Crippen MR) is 564 cm³/mol. The third kappa shape index (κ3) is 20.4. The highest BCUT2D eigenvalue weighted by Crippen LogP contribution is 2.56. The molecule has 0 radical (unpaired) electrons. The van der Waals surface area contributed by atoms with Crippen molar-refractivity contribution < 1.29 is 94.4 Å². The van der Waals surface area contributed by atoms with Crippen LogP contribution in [0.5, 0.6) is 34.5 Å². The van der Waals surface area contributed by atoms with Gasteiger partial charge in [0.25, 0.3) is 11.8 Å². The van der Waals surface area contributed by atoms with Gasteiger partial charge in [0.05, 0.1) is 76.6 Å². The smallest absolute Gasteiger partial charge is 0.257 e. The molecule has 12 aliphatic rings. The number of hydrogen-bond donors (Lipinski definition) is 4. The Hall–Kier alpha value is -9.87. The molecular weight excluding hydrogens is 2210 g/mol. The Labute approximate surface area is 900 Å². The van der Waals surface area contributed by atoms with Crippen LogP contribution in [-0.2, 0) is 71.3 Å². The summed E-state index contributed by atoms with van der Waals surface area (Å²) in [5, 5.41) is 26.4. The molecule has 2 amide bonds. The van der Waals surface area contributed by atoms with Crippen LogP contribution in [0.15, 0.2) is 120 Å². The first-order chi connectivity index (χ1) is 71.2. The number of pyridine rings is 6. The number of likely N-dealkylation sites (N-methyl/N-ethyl adjacent to an activating group) is 5. The minimum Gasteiger partial charge on any atom is -0.503 e. The number of methoxy groups -OCH3 is 9. The van der Waals surface area contributed by atoms with Crippen LogP contribution in [0.4, 0.5) is 17.6 Å². The van der Waals surface area contributed by atoms with Gasteiger partial charge in [-0.25, -0.2) is 17.6 Å². The number of rotatable bonds is 15. The third-order valence-electron chi connectivity index (χ3n) is 34.0. The van der Waals surface area contributed by atoms with Crippen LogP contribution in [-0.4, -0.2) is 265 Å². The number of carbonyl (C=O) groups is 5. The number of nitrogens with zero attached hydrogens (tertiary/aromatic N) is 11. The molecule has 20 rings (SSSR count). The summed E-state index contributed by atoms with van der Waals surface area (Å²) >= 11 is 13.2. The molecule has 6 fully saturated rings. The SMILES string of the molecule is CN1CCC[C@]2(C)C(=O)c3c(O)c(=O)c(C(=O)NCc4ccc(F)cc4F)cn3C[C@H]12.COc1c2n(cc(Br)c1=O)C[C@@H]1CCCC[C@]1(OC)C2OC.COc1c2n(cc(Br)c1=O)C[C@@H]1N(C)CCC[C@]1(C)C2=O.COc1c2n(cc(Br)c1=O)C[C@@H]1N(C)CCC[C@]1(C)C2O.COc1c2n(cc(Br)c1=O)C[C@@H]1N(C)CCC[C@]1(OC)C2OC.COc1c2n(cc(C(=O)NCc3ccc(F)cc3F)c1=O)C[C@@H]1N(C)CCC[C@]1(C)C2=O. The zero-order valence-electron chi connectivity index (χ0n) is 87.7. The van der Waals surface area contributed by atoms with Crippen molar-refractivity contribution in [3.63, 3.8) is 0 Å². The number of aromatic nitrogens is 6. The minimum absolute atomic E-state index is 0.0201. The zero-order chi connectivity index (χ0) is 109.